The van der Waals surface area contributed by atoms with Gasteiger partial charge in [-0.2, -0.15) is 0 Å². The van der Waals surface area contributed by atoms with Crippen LogP contribution in [0.3, 0.4) is 0 Å². The maximum atomic E-state index is 14.2. The number of nitrogens with zero attached hydrogens (tertiary/aromatic N) is 1. The predicted octanol–water partition coefficient (Wildman–Crippen LogP) is 5.82. The molecule has 43 heavy (non-hydrogen) atoms. The average molecular weight is 635 g/mol. The molecule has 1 aliphatic heterocycles. The van der Waals surface area contributed by atoms with Gasteiger partial charge in [0.15, 0.2) is 11.5 Å². The molecule has 0 bridgehead atoms. The number of para-hydroxylation sites is 1. The lowest BCUT2D eigenvalue weighted by Crippen LogP contribution is -2.45. The number of carbonyl (C=O) groups excluding carboxylic acids is 2. The monoisotopic (exact) mass is 633 g/mol. The number of hydrogen-bond acceptors (Lipinski definition) is 6. The van der Waals surface area contributed by atoms with Crippen LogP contribution in [0.4, 0.5) is 10.1 Å². The molecule has 3 N–H and O–H groups in total. The first-order valence-electron chi connectivity index (χ1n) is 13.8. The fourth-order valence-corrected chi connectivity index (χ4v) is 5.08. The summed E-state index contributed by atoms with van der Waals surface area (Å²) >= 11 is 6.48. The van der Waals surface area contributed by atoms with E-state index in [4.69, 9.17) is 31.5 Å². The predicted molar refractivity (Wildman–Crippen MR) is 168 cm³/mol. The van der Waals surface area contributed by atoms with E-state index in [1.54, 1.807) is 53.4 Å². The normalized spacial score (nSPS) is 16.5. The molecule has 1 heterocycles. The number of carbonyl (C=O) groups is 2. The van der Waals surface area contributed by atoms with Crippen molar-refractivity contribution < 1.29 is 28.2 Å². The van der Waals surface area contributed by atoms with Gasteiger partial charge < -0.3 is 30.2 Å². The van der Waals surface area contributed by atoms with Crippen LogP contribution in [0.2, 0.25) is 5.02 Å². The molecule has 0 saturated carbocycles. The SMILES string of the molecule is COc1c(OCCN)cccc1[C@H]1O[C@H](CC(=O)NCc2ccccc2F)C(=O)N(CC(C)(C)C)c2ccc(Cl)cc21.Cl. The van der Waals surface area contributed by atoms with E-state index in [1.807, 2.05) is 26.8 Å². The lowest BCUT2D eigenvalue weighted by molar-refractivity contribution is -0.138. The van der Waals surface area contributed by atoms with Crippen LogP contribution in [-0.2, 0) is 20.9 Å². The summed E-state index contributed by atoms with van der Waals surface area (Å²) in [7, 11) is 1.52. The summed E-state index contributed by atoms with van der Waals surface area (Å²) < 4.78 is 32.3. The molecule has 0 saturated heterocycles. The summed E-state index contributed by atoms with van der Waals surface area (Å²) in [6.07, 6.45) is -2.28. The smallest absolute Gasteiger partial charge is 0.256 e. The number of fused-ring (bicyclic) bond motifs is 1. The van der Waals surface area contributed by atoms with Gasteiger partial charge in [0.1, 0.15) is 24.6 Å². The molecule has 0 fully saturated rings. The van der Waals surface area contributed by atoms with Crippen molar-refractivity contribution in [3.8, 4) is 11.5 Å². The second-order valence-corrected chi connectivity index (χ2v) is 11.7. The Morgan fingerprint density at radius 1 is 1.12 bits per heavy atom. The Bertz CT molecular complexity index is 1430. The van der Waals surface area contributed by atoms with Crippen LogP contribution in [0.1, 0.15) is 50.0 Å². The molecule has 0 aliphatic carbocycles. The molecule has 3 aromatic carbocycles. The molecule has 4 rings (SSSR count). The third kappa shape index (κ3) is 8.38. The van der Waals surface area contributed by atoms with E-state index in [1.165, 1.54) is 13.2 Å². The van der Waals surface area contributed by atoms with E-state index in [0.717, 1.165) is 0 Å². The number of halogens is 3. The van der Waals surface area contributed by atoms with E-state index in [2.05, 4.69) is 5.32 Å². The van der Waals surface area contributed by atoms with E-state index in [9.17, 15) is 14.0 Å². The van der Waals surface area contributed by atoms with Gasteiger partial charge in [-0.25, -0.2) is 4.39 Å². The highest BCUT2D eigenvalue weighted by Gasteiger charge is 2.40. The van der Waals surface area contributed by atoms with E-state index in [-0.39, 0.29) is 43.3 Å². The number of ether oxygens (including phenoxy) is 3. The first-order chi connectivity index (χ1) is 20.0. The van der Waals surface area contributed by atoms with Gasteiger partial charge in [0.25, 0.3) is 5.91 Å². The van der Waals surface area contributed by atoms with E-state index < -0.39 is 23.9 Å². The number of nitrogens with one attached hydrogen (secondary N) is 1. The summed E-state index contributed by atoms with van der Waals surface area (Å²) in [4.78, 5) is 28.9. The van der Waals surface area contributed by atoms with Crippen LogP contribution >= 0.6 is 24.0 Å². The number of anilines is 1. The number of benzene rings is 3. The Morgan fingerprint density at radius 3 is 2.53 bits per heavy atom. The lowest BCUT2D eigenvalue weighted by Gasteiger charge is -2.31. The second kappa shape index (κ2) is 14.9. The molecule has 8 nitrogen and oxygen atoms in total. The quantitative estimate of drug-likeness (QED) is 0.292. The van der Waals surface area contributed by atoms with Crippen LogP contribution in [-0.4, -0.2) is 44.7 Å². The number of hydrogen-bond donors (Lipinski definition) is 2. The van der Waals surface area contributed by atoms with Gasteiger partial charge in [0, 0.05) is 47.0 Å². The molecule has 0 aromatic heterocycles. The molecular formula is C32H38Cl2FN3O5. The standard InChI is InChI=1S/C32H37ClFN3O5.ClH/c1-32(2,3)19-37-25-13-12-21(33)16-23(25)29(22-9-7-11-26(30(22)40-4)41-15-14-35)42-27(31(37)39)17-28(38)36-18-20-8-5-6-10-24(20)34;/h5-13,16,27,29H,14-15,17-19,35H2,1-4H3,(H,36,38);1H/t27-,29-;/m1./s1. The van der Waals surface area contributed by atoms with Gasteiger partial charge in [-0.3, -0.25) is 9.59 Å². The van der Waals surface area contributed by atoms with Gasteiger partial charge in [-0.05, 0) is 35.7 Å². The molecule has 2 amide bonds. The highest BCUT2D eigenvalue weighted by molar-refractivity contribution is 6.30. The van der Waals surface area contributed by atoms with Crippen LogP contribution in [0.15, 0.2) is 60.7 Å². The molecule has 3 aromatic rings. The minimum atomic E-state index is -1.16. The van der Waals surface area contributed by atoms with Gasteiger partial charge >= 0.3 is 0 Å². The third-order valence-electron chi connectivity index (χ3n) is 6.71. The lowest BCUT2D eigenvalue weighted by atomic mass is 9.94. The minimum absolute atomic E-state index is 0. The summed E-state index contributed by atoms with van der Waals surface area (Å²) in [5, 5.41) is 3.18. The first kappa shape index (κ1) is 34.1. The molecule has 1 aliphatic rings. The van der Waals surface area contributed by atoms with Gasteiger partial charge in [-0.1, -0.05) is 62.7 Å². The number of amides is 2. The fraction of sp³-hybridized carbons (Fsp3) is 0.375. The molecule has 0 unspecified atom stereocenters. The van der Waals surface area contributed by atoms with Crippen molar-refractivity contribution in [2.75, 3.05) is 31.7 Å². The Labute approximate surface area is 263 Å². The van der Waals surface area contributed by atoms with Gasteiger partial charge in [-0.15, -0.1) is 12.4 Å². The molecule has 0 spiro atoms. The Balaban J connectivity index is 0.00000506. The van der Waals surface area contributed by atoms with Crippen molar-refractivity contribution in [2.45, 2.75) is 45.9 Å². The summed E-state index contributed by atoms with van der Waals surface area (Å²) in [5.74, 6) is -0.365. The number of nitrogens with two attached hydrogens (primary N) is 1. The van der Waals surface area contributed by atoms with Crippen molar-refractivity contribution >= 4 is 41.5 Å². The van der Waals surface area contributed by atoms with Gasteiger partial charge in [0.2, 0.25) is 5.91 Å². The Morgan fingerprint density at radius 2 is 1.86 bits per heavy atom. The van der Waals surface area contributed by atoms with Crippen molar-refractivity contribution in [2.24, 2.45) is 11.1 Å². The van der Waals surface area contributed by atoms with Gasteiger partial charge in [0.05, 0.1) is 13.5 Å². The Hall–Kier alpha value is -3.37. The zero-order chi connectivity index (χ0) is 30.4. The van der Waals surface area contributed by atoms with E-state index in [0.29, 0.717) is 52.0 Å². The molecule has 0 radical (unpaired) electrons. The largest absolute Gasteiger partial charge is 0.492 e. The molecule has 2 atom stereocenters. The van der Waals surface area contributed by atoms with Crippen LogP contribution < -0.4 is 25.4 Å². The maximum Gasteiger partial charge on any atom is 0.256 e. The van der Waals surface area contributed by atoms with Crippen LogP contribution in [0.5, 0.6) is 11.5 Å². The van der Waals surface area contributed by atoms with Crippen molar-refractivity contribution in [1.29, 1.82) is 0 Å². The molecular weight excluding hydrogens is 596 g/mol. The summed E-state index contributed by atoms with van der Waals surface area (Å²) in [6, 6.07) is 16.9. The zero-order valence-corrected chi connectivity index (χ0v) is 26.3. The van der Waals surface area contributed by atoms with Crippen molar-refractivity contribution in [3.05, 3.63) is 88.2 Å². The average Bonchev–Trinajstić information content (AvgIpc) is 3.05. The van der Waals surface area contributed by atoms with E-state index >= 15 is 0 Å². The second-order valence-electron chi connectivity index (χ2n) is 11.3. The van der Waals surface area contributed by atoms with Crippen molar-refractivity contribution in [3.63, 3.8) is 0 Å². The molecule has 232 valence electrons. The fourth-order valence-electron chi connectivity index (χ4n) is 4.90. The summed E-state index contributed by atoms with van der Waals surface area (Å²) in [5.41, 5.74) is 7.57. The molecule has 11 heteroatoms. The summed E-state index contributed by atoms with van der Waals surface area (Å²) in [6.45, 7) is 7.00. The highest BCUT2D eigenvalue weighted by Crippen LogP contribution is 2.45. The first-order valence-corrected chi connectivity index (χ1v) is 14.2. The number of methoxy groups -OCH3 is 1. The maximum absolute atomic E-state index is 14.2. The number of rotatable bonds is 10. The van der Waals surface area contributed by atoms with Crippen molar-refractivity contribution in [1.82, 2.24) is 5.32 Å². The van der Waals surface area contributed by atoms with Crippen LogP contribution in [0.25, 0.3) is 0 Å². The highest BCUT2D eigenvalue weighted by atomic mass is 35.5. The topological polar surface area (TPSA) is 103 Å². The third-order valence-corrected chi connectivity index (χ3v) is 6.95. The minimum Gasteiger partial charge on any atom is -0.492 e. The Kier molecular flexibility index (Phi) is 11.8. The zero-order valence-electron chi connectivity index (χ0n) is 24.7. The van der Waals surface area contributed by atoms with Crippen LogP contribution in [0, 0.1) is 11.2 Å².